The molecule has 0 radical (unpaired) electrons. The summed E-state index contributed by atoms with van der Waals surface area (Å²) < 4.78 is 0. The van der Waals surface area contributed by atoms with Gasteiger partial charge >= 0.3 is 0 Å². The first-order chi connectivity index (χ1) is 8.06. The largest absolute Gasteiger partial charge is 0.393 e. The van der Waals surface area contributed by atoms with Gasteiger partial charge in [0.1, 0.15) is 0 Å². The van der Waals surface area contributed by atoms with Crippen molar-refractivity contribution in [2.24, 2.45) is 0 Å². The van der Waals surface area contributed by atoms with Gasteiger partial charge in [-0.15, -0.1) is 6.58 Å². The van der Waals surface area contributed by atoms with Crippen molar-refractivity contribution in [2.75, 3.05) is 13.1 Å². The van der Waals surface area contributed by atoms with Gasteiger partial charge in [0.05, 0.1) is 12.1 Å². The summed E-state index contributed by atoms with van der Waals surface area (Å²) in [6.07, 6.45) is 4.31. The van der Waals surface area contributed by atoms with Crippen LogP contribution in [0.25, 0.3) is 0 Å². The smallest absolute Gasteiger partial charge is 0.237 e. The van der Waals surface area contributed by atoms with Gasteiger partial charge in [0, 0.05) is 12.6 Å². The van der Waals surface area contributed by atoms with Crippen LogP contribution in [0.5, 0.6) is 0 Å². The van der Waals surface area contributed by atoms with Crippen molar-refractivity contribution >= 4 is 5.91 Å². The molecule has 1 aliphatic heterocycles. The van der Waals surface area contributed by atoms with Crippen LogP contribution < -0.4 is 5.32 Å². The summed E-state index contributed by atoms with van der Waals surface area (Å²) in [6, 6.07) is 0.209. The molecular weight excluding hydrogens is 216 g/mol. The highest BCUT2D eigenvalue weighted by atomic mass is 16.3. The van der Waals surface area contributed by atoms with Crippen LogP contribution in [0, 0.1) is 0 Å². The van der Waals surface area contributed by atoms with Crippen LogP contribution in [-0.4, -0.2) is 47.2 Å². The SMILES string of the molecule is C=CCNC(=O)C(C)N1CCCC1CC(C)O. The van der Waals surface area contributed by atoms with E-state index >= 15 is 0 Å². The molecule has 0 saturated carbocycles. The fraction of sp³-hybridized carbons (Fsp3) is 0.769. The molecule has 2 N–H and O–H groups in total. The lowest BCUT2D eigenvalue weighted by Crippen LogP contribution is -2.47. The van der Waals surface area contributed by atoms with Crippen LogP contribution in [0.15, 0.2) is 12.7 Å². The van der Waals surface area contributed by atoms with Gasteiger partial charge in [0.25, 0.3) is 0 Å². The molecule has 1 saturated heterocycles. The van der Waals surface area contributed by atoms with E-state index < -0.39 is 0 Å². The van der Waals surface area contributed by atoms with Gasteiger partial charge in [-0.2, -0.15) is 0 Å². The molecule has 1 fully saturated rings. The van der Waals surface area contributed by atoms with Crippen LogP contribution in [0.1, 0.15) is 33.1 Å². The van der Waals surface area contributed by atoms with Crippen molar-refractivity contribution in [3.05, 3.63) is 12.7 Å². The summed E-state index contributed by atoms with van der Waals surface area (Å²) >= 11 is 0. The quantitative estimate of drug-likeness (QED) is 0.679. The van der Waals surface area contributed by atoms with Crippen LogP contribution in [-0.2, 0) is 4.79 Å². The van der Waals surface area contributed by atoms with E-state index in [1.807, 2.05) is 6.92 Å². The summed E-state index contributed by atoms with van der Waals surface area (Å²) in [4.78, 5) is 14.1. The fourth-order valence-corrected chi connectivity index (χ4v) is 2.49. The second-order valence-electron chi connectivity index (χ2n) is 4.83. The molecule has 0 aromatic rings. The molecule has 0 aromatic heterocycles. The van der Waals surface area contributed by atoms with Gasteiger partial charge in [0.2, 0.25) is 5.91 Å². The fourth-order valence-electron chi connectivity index (χ4n) is 2.49. The second kappa shape index (κ2) is 6.77. The number of rotatable bonds is 6. The number of amides is 1. The molecule has 98 valence electrons. The second-order valence-corrected chi connectivity index (χ2v) is 4.83. The Hall–Kier alpha value is -0.870. The molecule has 1 rings (SSSR count). The van der Waals surface area contributed by atoms with Gasteiger partial charge < -0.3 is 10.4 Å². The lowest BCUT2D eigenvalue weighted by atomic mass is 10.1. The maximum Gasteiger partial charge on any atom is 0.237 e. The van der Waals surface area contributed by atoms with Crippen LogP contribution in [0.3, 0.4) is 0 Å². The monoisotopic (exact) mass is 240 g/mol. The number of nitrogens with one attached hydrogen (secondary N) is 1. The normalized spacial score (nSPS) is 24.3. The minimum absolute atomic E-state index is 0.0439. The Morgan fingerprint density at radius 2 is 2.35 bits per heavy atom. The molecule has 4 nitrogen and oxygen atoms in total. The number of aliphatic hydroxyl groups is 1. The van der Waals surface area contributed by atoms with E-state index in [-0.39, 0.29) is 18.1 Å². The zero-order valence-electron chi connectivity index (χ0n) is 10.9. The number of likely N-dealkylation sites (tertiary alicyclic amines) is 1. The van der Waals surface area contributed by atoms with E-state index in [9.17, 15) is 9.90 Å². The first-order valence-electron chi connectivity index (χ1n) is 6.38. The third-order valence-corrected chi connectivity index (χ3v) is 3.33. The highest BCUT2D eigenvalue weighted by molar-refractivity contribution is 5.81. The van der Waals surface area contributed by atoms with E-state index in [1.54, 1.807) is 13.0 Å². The van der Waals surface area contributed by atoms with E-state index in [1.165, 1.54) is 0 Å². The molecule has 17 heavy (non-hydrogen) atoms. The van der Waals surface area contributed by atoms with Gasteiger partial charge in [-0.3, -0.25) is 9.69 Å². The molecule has 0 aromatic carbocycles. The number of carbonyl (C=O) groups excluding carboxylic acids is 1. The van der Waals surface area contributed by atoms with Crippen molar-refractivity contribution in [1.82, 2.24) is 10.2 Å². The van der Waals surface area contributed by atoms with Crippen LogP contribution in [0.2, 0.25) is 0 Å². The summed E-state index contributed by atoms with van der Waals surface area (Å²) in [7, 11) is 0. The molecule has 1 amide bonds. The van der Waals surface area contributed by atoms with E-state index in [2.05, 4.69) is 16.8 Å². The molecule has 1 heterocycles. The van der Waals surface area contributed by atoms with Gasteiger partial charge in [-0.1, -0.05) is 6.08 Å². The van der Waals surface area contributed by atoms with Crippen molar-refractivity contribution in [2.45, 2.75) is 51.3 Å². The molecule has 0 spiro atoms. The summed E-state index contributed by atoms with van der Waals surface area (Å²) in [6.45, 7) is 8.77. The maximum absolute atomic E-state index is 11.9. The van der Waals surface area contributed by atoms with E-state index in [0.717, 1.165) is 25.8 Å². The highest BCUT2D eigenvalue weighted by Crippen LogP contribution is 2.23. The minimum Gasteiger partial charge on any atom is -0.393 e. The third kappa shape index (κ3) is 4.13. The number of nitrogens with zero attached hydrogens (tertiary/aromatic N) is 1. The topological polar surface area (TPSA) is 52.6 Å². The highest BCUT2D eigenvalue weighted by Gasteiger charge is 2.32. The number of hydrogen-bond donors (Lipinski definition) is 2. The first kappa shape index (κ1) is 14.2. The van der Waals surface area contributed by atoms with Crippen molar-refractivity contribution in [3.63, 3.8) is 0 Å². The van der Waals surface area contributed by atoms with Crippen molar-refractivity contribution < 1.29 is 9.90 Å². The van der Waals surface area contributed by atoms with Crippen LogP contribution in [0.4, 0.5) is 0 Å². The third-order valence-electron chi connectivity index (χ3n) is 3.33. The molecule has 4 heteroatoms. The minimum atomic E-state index is -0.302. The summed E-state index contributed by atoms with van der Waals surface area (Å²) in [5.74, 6) is 0.0439. The Labute approximate surface area is 104 Å². The molecule has 0 bridgehead atoms. The first-order valence-corrected chi connectivity index (χ1v) is 6.38. The van der Waals surface area contributed by atoms with Crippen LogP contribution >= 0.6 is 0 Å². The standard InChI is InChI=1S/C13H24N2O2/c1-4-7-14-13(17)11(3)15-8-5-6-12(15)9-10(2)16/h4,10-12,16H,1,5-9H2,2-3H3,(H,14,17). The van der Waals surface area contributed by atoms with Gasteiger partial charge in [-0.05, 0) is 39.7 Å². The molecule has 1 aliphatic rings. The Bertz CT molecular complexity index is 266. The van der Waals surface area contributed by atoms with Crippen molar-refractivity contribution in [1.29, 1.82) is 0 Å². The molecule has 3 atom stereocenters. The Morgan fingerprint density at radius 1 is 1.65 bits per heavy atom. The predicted molar refractivity (Wildman–Crippen MR) is 68.7 cm³/mol. The molecule has 0 aliphatic carbocycles. The van der Waals surface area contributed by atoms with E-state index in [4.69, 9.17) is 0 Å². The Balaban J connectivity index is 2.51. The average Bonchev–Trinajstić information content (AvgIpc) is 2.71. The molecule has 3 unspecified atom stereocenters. The average molecular weight is 240 g/mol. The van der Waals surface area contributed by atoms with Gasteiger partial charge in [0.15, 0.2) is 0 Å². The van der Waals surface area contributed by atoms with Crippen molar-refractivity contribution in [3.8, 4) is 0 Å². The summed E-state index contributed by atoms with van der Waals surface area (Å²) in [5.41, 5.74) is 0. The van der Waals surface area contributed by atoms with Gasteiger partial charge in [-0.25, -0.2) is 0 Å². The van der Waals surface area contributed by atoms with E-state index in [0.29, 0.717) is 12.6 Å². The number of aliphatic hydroxyl groups excluding tert-OH is 1. The lowest BCUT2D eigenvalue weighted by Gasteiger charge is -2.30. The lowest BCUT2D eigenvalue weighted by molar-refractivity contribution is -0.126. The predicted octanol–water partition coefficient (Wildman–Crippen LogP) is 0.912. The number of carbonyl (C=O) groups is 1. The zero-order valence-corrected chi connectivity index (χ0v) is 10.9. The summed E-state index contributed by atoms with van der Waals surface area (Å²) in [5, 5.41) is 12.3. The molecular formula is C13H24N2O2. The zero-order chi connectivity index (χ0) is 12.8. The maximum atomic E-state index is 11.9. The Morgan fingerprint density at radius 3 is 2.94 bits per heavy atom. The number of hydrogen-bond acceptors (Lipinski definition) is 3. The Kier molecular flexibility index (Phi) is 5.65.